The van der Waals surface area contributed by atoms with Crippen LogP contribution in [0.15, 0.2) is 54.6 Å². The summed E-state index contributed by atoms with van der Waals surface area (Å²) in [4.78, 5) is 26.2. The molecule has 1 saturated heterocycles. The minimum Gasteiger partial charge on any atom is -0.356 e. The van der Waals surface area contributed by atoms with Gasteiger partial charge in [0, 0.05) is 29.6 Å². The van der Waals surface area contributed by atoms with E-state index in [0.717, 1.165) is 11.4 Å². The standard InChI is InChI=1S/C20H23N3O4S/c1-2-23(18-12-13-28(26,27)14-18)20(25)19(24)22-17-10-8-16(9-11-17)21-15-6-4-3-5-7-15/h3-11,18,21H,2,12-14H2,1H3,(H,22,24). The first-order valence-electron chi connectivity index (χ1n) is 9.12. The third-order valence-corrected chi connectivity index (χ3v) is 6.40. The summed E-state index contributed by atoms with van der Waals surface area (Å²) < 4.78 is 23.3. The van der Waals surface area contributed by atoms with Crippen molar-refractivity contribution in [3.05, 3.63) is 54.6 Å². The molecule has 1 atom stereocenters. The van der Waals surface area contributed by atoms with Crippen LogP contribution < -0.4 is 10.6 Å². The van der Waals surface area contributed by atoms with Gasteiger partial charge in [-0.1, -0.05) is 18.2 Å². The van der Waals surface area contributed by atoms with Gasteiger partial charge in [-0.25, -0.2) is 8.42 Å². The summed E-state index contributed by atoms with van der Waals surface area (Å²) in [5.74, 6) is -1.51. The molecule has 0 bridgehead atoms. The Morgan fingerprint density at radius 2 is 1.61 bits per heavy atom. The van der Waals surface area contributed by atoms with Crippen LogP contribution in [0, 0.1) is 0 Å². The minimum atomic E-state index is -3.13. The van der Waals surface area contributed by atoms with Crippen LogP contribution in [-0.4, -0.2) is 49.2 Å². The zero-order chi connectivity index (χ0) is 20.1. The fraction of sp³-hybridized carbons (Fsp3) is 0.300. The highest BCUT2D eigenvalue weighted by Crippen LogP contribution is 2.20. The van der Waals surface area contributed by atoms with Gasteiger partial charge >= 0.3 is 11.8 Å². The molecule has 2 amide bonds. The zero-order valence-electron chi connectivity index (χ0n) is 15.6. The molecule has 1 heterocycles. The van der Waals surface area contributed by atoms with Crippen LogP contribution in [0.25, 0.3) is 0 Å². The molecule has 8 heteroatoms. The Bertz CT molecular complexity index is 943. The summed E-state index contributed by atoms with van der Waals surface area (Å²) >= 11 is 0. The molecular weight excluding hydrogens is 378 g/mol. The molecule has 28 heavy (non-hydrogen) atoms. The first-order chi connectivity index (χ1) is 13.4. The molecule has 148 valence electrons. The lowest BCUT2D eigenvalue weighted by Crippen LogP contribution is -2.46. The third-order valence-electron chi connectivity index (χ3n) is 4.65. The van der Waals surface area contributed by atoms with Crippen molar-refractivity contribution in [3.8, 4) is 0 Å². The lowest BCUT2D eigenvalue weighted by molar-refractivity contribution is -0.144. The van der Waals surface area contributed by atoms with Gasteiger partial charge in [-0.05, 0) is 49.7 Å². The van der Waals surface area contributed by atoms with E-state index in [1.807, 2.05) is 30.3 Å². The van der Waals surface area contributed by atoms with E-state index in [1.54, 1.807) is 31.2 Å². The van der Waals surface area contributed by atoms with E-state index in [2.05, 4.69) is 10.6 Å². The van der Waals surface area contributed by atoms with Crippen molar-refractivity contribution in [2.45, 2.75) is 19.4 Å². The van der Waals surface area contributed by atoms with Crippen molar-refractivity contribution in [3.63, 3.8) is 0 Å². The highest BCUT2D eigenvalue weighted by molar-refractivity contribution is 7.91. The van der Waals surface area contributed by atoms with Gasteiger partial charge in [-0.2, -0.15) is 0 Å². The number of rotatable bonds is 5. The molecule has 0 saturated carbocycles. The summed E-state index contributed by atoms with van der Waals surface area (Å²) in [5, 5.41) is 5.82. The molecule has 7 nitrogen and oxygen atoms in total. The van der Waals surface area contributed by atoms with Crippen molar-refractivity contribution in [2.24, 2.45) is 0 Å². The van der Waals surface area contributed by atoms with Crippen LogP contribution in [0.4, 0.5) is 17.1 Å². The van der Waals surface area contributed by atoms with Crippen LogP contribution >= 0.6 is 0 Å². The molecule has 1 unspecified atom stereocenters. The van der Waals surface area contributed by atoms with E-state index in [4.69, 9.17) is 0 Å². The van der Waals surface area contributed by atoms with E-state index in [1.165, 1.54) is 4.90 Å². The predicted molar refractivity (Wildman–Crippen MR) is 109 cm³/mol. The minimum absolute atomic E-state index is 0.0545. The Morgan fingerprint density at radius 3 is 2.18 bits per heavy atom. The maximum absolute atomic E-state index is 12.5. The van der Waals surface area contributed by atoms with Gasteiger partial charge in [-0.3, -0.25) is 9.59 Å². The average Bonchev–Trinajstić information content (AvgIpc) is 3.04. The monoisotopic (exact) mass is 401 g/mol. The molecule has 0 radical (unpaired) electrons. The topological polar surface area (TPSA) is 95.6 Å². The molecule has 2 aromatic carbocycles. The van der Waals surface area contributed by atoms with Crippen molar-refractivity contribution >= 4 is 38.7 Å². The van der Waals surface area contributed by atoms with E-state index in [-0.39, 0.29) is 18.1 Å². The number of hydrogen-bond donors (Lipinski definition) is 2. The van der Waals surface area contributed by atoms with E-state index in [0.29, 0.717) is 12.1 Å². The van der Waals surface area contributed by atoms with Crippen molar-refractivity contribution in [2.75, 3.05) is 28.7 Å². The summed E-state index contributed by atoms with van der Waals surface area (Å²) in [6, 6.07) is 16.2. The Hall–Kier alpha value is -2.87. The largest absolute Gasteiger partial charge is 0.356 e. The quantitative estimate of drug-likeness (QED) is 0.750. The highest BCUT2D eigenvalue weighted by atomic mass is 32.2. The first kappa shape index (κ1) is 19.9. The van der Waals surface area contributed by atoms with Crippen molar-refractivity contribution < 1.29 is 18.0 Å². The van der Waals surface area contributed by atoms with Crippen LogP contribution in [0.2, 0.25) is 0 Å². The average molecular weight is 401 g/mol. The molecule has 2 N–H and O–H groups in total. The number of sulfone groups is 1. The van der Waals surface area contributed by atoms with Gasteiger partial charge in [0.05, 0.1) is 11.5 Å². The van der Waals surface area contributed by atoms with Crippen LogP contribution in [0.1, 0.15) is 13.3 Å². The number of benzene rings is 2. The molecule has 0 spiro atoms. The highest BCUT2D eigenvalue weighted by Gasteiger charge is 2.35. The number of anilines is 3. The van der Waals surface area contributed by atoms with Crippen LogP contribution in [-0.2, 0) is 19.4 Å². The second-order valence-corrected chi connectivity index (χ2v) is 8.90. The van der Waals surface area contributed by atoms with Crippen LogP contribution in [0.3, 0.4) is 0 Å². The number of para-hydroxylation sites is 1. The second kappa shape index (κ2) is 8.43. The maximum Gasteiger partial charge on any atom is 0.313 e. The summed E-state index contributed by atoms with van der Waals surface area (Å²) in [7, 11) is -3.13. The van der Waals surface area contributed by atoms with Gasteiger partial charge < -0.3 is 15.5 Å². The van der Waals surface area contributed by atoms with E-state index < -0.39 is 27.7 Å². The van der Waals surface area contributed by atoms with E-state index in [9.17, 15) is 18.0 Å². The number of amides is 2. The lowest BCUT2D eigenvalue weighted by atomic mass is 10.2. The zero-order valence-corrected chi connectivity index (χ0v) is 16.4. The Labute approximate surface area is 164 Å². The molecule has 1 aliphatic rings. The van der Waals surface area contributed by atoms with Crippen LogP contribution in [0.5, 0.6) is 0 Å². The van der Waals surface area contributed by atoms with Gasteiger partial charge in [-0.15, -0.1) is 0 Å². The molecule has 3 rings (SSSR count). The summed E-state index contributed by atoms with van der Waals surface area (Å²) in [6.45, 7) is 2.02. The number of hydrogen-bond acceptors (Lipinski definition) is 5. The predicted octanol–water partition coefficient (Wildman–Crippen LogP) is 2.40. The maximum atomic E-state index is 12.5. The van der Waals surface area contributed by atoms with Crippen molar-refractivity contribution in [1.82, 2.24) is 4.90 Å². The third kappa shape index (κ3) is 4.89. The Balaban J connectivity index is 1.61. The van der Waals surface area contributed by atoms with Gasteiger partial charge in [0.1, 0.15) is 0 Å². The van der Waals surface area contributed by atoms with Gasteiger partial charge in [0.25, 0.3) is 0 Å². The first-order valence-corrected chi connectivity index (χ1v) is 10.9. The molecule has 1 fully saturated rings. The molecule has 0 aromatic heterocycles. The fourth-order valence-corrected chi connectivity index (χ4v) is 4.96. The molecule has 1 aliphatic heterocycles. The smallest absolute Gasteiger partial charge is 0.313 e. The number of nitrogens with one attached hydrogen (secondary N) is 2. The van der Waals surface area contributed by atoms with Crippen molar-refractivity contribution in [1.29, 1.82) is 0 Å². The summed E-state index contributed by atoms with van der Waals surface area (Å²) in [6.07, 6.45) is 0.370. The van der Waals surface area contributed by atoms with Gasteiger partial charge in [0.2, 0.25) is 0 Å². The van der Waals surface area contributed by atoms with Gasteiger partial charge in [0.15, 0.2) is 9.84 Å². The Kier molecular flexibility index (Phi) is 5.99. The molecular formula is C20H23N3O4S. The van der Waals surface area contributed by atoms with E-state index >= 15 is 0 Å². The number of carbonyl (C=O) groups is 2. The number of carbonyl (C=O) groups excluding carboxylic acids is 2. The second-order valence-electron chi connectivity index (χ2n) is 6.67. The fourth-order valence-electron chi connectivity index (χ4n) is 3.23. The SMILES string of the molecule is CCN(C(=O)C(=O)Nc1ccc(Nc2ccccc2)cc1)C1CCS(=O)(=O)C1. The summed E-state index contributed by atoms with van der Waals surface area (Å²) in [5.41, 5.74) is 2.29. The lowest BCUT2D eigenvalue weighted by Gasteiger charge is -2.26. The molecule has 0 aliphatic carbocycles. The number of likely N-dealkylation sites (N-methyl/N-ethyl adjacent to an activating group) is 1. The number of nitrogens with zero attached hydrogens (tertiary/aromatic N) is 1. The normalized spacial score (nSPS) is 17.7. The Morgan fingerprint density at radius 1 is 1.00 bits per heavy atom. The molecule has 2 aromatic rings.